The van der Waals surface area contributed by atoms with Gasteiger partial charge in [-0.15, -0.1) is 0 Å². The Labute approximate surface area is 92.8 Å². The highest BCUT2D eigenvalue weighted by molar-refractivity contribution is 5.12. The molecule has 5 rings (SSSR count). The van der Waals surface area contributed by atoms with Gasteiger partial charge in [-0.25, -0.2) is 0 Å². The van der Waals surface area contributed by atoms with Gasteiger partial charge in [0.2, 0.25) is 0 Å². The summed E-state index contributed by atoms with van der Waals surface area (Å²) in [5, 5.41) is 0. The molecule has 5 aliphatic carbocycles. The van der Waals surface area contributed by atoms with Crippen LogP contribution in [0.5, 0.6) is 0 Å². The third kappa shape index (κ3) is 0.806. The summed E-state index contributed by atoms with van der Waals surface area (Å²) >= 11 is 0. The molecule has 0 aliphatic heterocycles. The predicted octanol–water partition coefficient (Wildman–Crippen LogP) is 3.71. The molecule has 5 saturated carbocycles. The first-order valence-corrected chi connectivity index (χ1v) is 7.42. The Morgan fingerprint density at radius 1 is 0.467 bits per heavy atom. The fourth-order valence-electron chi connectivity index (χ4n) is 7.12. The van der Waals surface area contributed by atoms with Crippen LogP contribution in [0.3, 0.4) is 0 Å². The smallest absolute Gasteiger partial charge is 0.0321 e. The van der Waals surface area contributed by atoms with Crippen molar-refractivity contribution in [1.82, 2.24) is 0 Å². The van der Waals surface area contributed by atoms with Gasteiger partial charge in [0.15, 0.2) is 0 Å². The maximum absolute atomic E-state index is 1.68. The van der Waals surface area contributed by atoms with Crippen LogP contribution >= 0.6 is 0 Å². The van der Waals surface area contributed by atoms with Crippen LogP contribution in [0.2, 0.25) is 0 Å². The van der Waals surface area contributed by atoms with Crippen LogP contribution in [-0.4, -0.2) is 0 Å². The van der Waals surface area contributed by atoms with Crippen molar-refractivity contribution in [3.05, 3.63) is 0 Å². The Balaban J connectivity index is 1.57. The number of hydrogen-bond acceptors (Lipinski definition) is 0. The predicted molar refractivity (Wildman–Crippen MR) is 60.2 cm³/mol. The highest BCUT2D eigenvalue weighted by Gasteiger charge is 2.63. The summed E-state index contributed by atoms with van der Waals surface area (Å²) in [6.07, 6.45) is 11.4. The van der Waals surface area contributed by atoms with Crippen molar-refractivity contribution in [3.8, 4) is 0 Å². The maximum Gasteiger partial charge on any atom is -0.0321 e. The van der Waals surface area contributed by atoms with Crippen molar-refractivity contribution in [3.63, 3.8) is 0 Å². The summed E-state index contributed by atoms with van der Waals surface area (Å²) in [4.78, 5) is 0. The molecular weight excluding hydrogens is 180 g/mol. The van der Waals surface area contributed by atoms with E-state index in [1.807, 2.05) is 0 Å². The van der Waals surface area contributed by atoms with E-state index in [0.717, 1.165) is 0 Å². The van der Waals surface area contributed by atoms with E-state index in [-0.39, 0.29) is 0 Å². The summed E-state index contributed by atoms with van der Waals surface area (Å²) < 4.78 is 0. The second-order valence-corrected chi connectivity index (χ2v) is 7.38. The summed E-state index contributed by atoms with van der Waals surface area (Å²) in [7, 11) is 0. The van der Waals surface area contributed by atoms with Crippen molar-refractivity contribution in [2.45, 2.75) is 44.9 Å². The molecular formula is C15H22. The zero-order valence-corrected chi connectivity index (χ0v) is 9.57. The summed E-state index contributed by atoms with van der Waals surface area (Å²) in [6.45, 7) is 0. The Bertz CT molecular complexity index is 277. The molecule has 0 heteroatoms. The lowest BCUT2D eigenvalue weighted by molar-refractivity contribution is 0.153. The van der Waals surface area contributed by atoms with Gasteiger partial charge in [0.25, 0.3) is 0 Å². The molecule has 0 amide bonds. The van der Waals surface area contributed by atoms with Crippen LogP contribution in [0, 0.1) is 47.3 Å². The van der Waals surface area contributed by atoms with Crippen molar-refractivity contribution in [2.75, 3.05) is 0 Å². The van der Waals surface area contributed by atoms with Gasteiger partial charge in [0.1, 0.15) is 0 Å². The number of rotatable bonds is 0. The van der Waals surface area contributed by atoms with Crippen LogP contribution in [0.1, 0.15) is 44.9 Å². The Morgan fingerprint density at radius 2 is 0.933 bits per heavy atom. The molecule has 5 fully saturated rings. The standard InChI is InChI=1S/C15H22/c1-3-10-5-8(1)12-7-13-9-2-4-11(6-9)15(13)14(10)12/h8-15H,1-7H2. The molecule has 0 aromatic heterocycles. The van der Waals surface area contributed by atoms with Gasteiger partial charge >= 0.3 is 0 Å². The van der Waals surface area contributed by atoms with Gasteiger partial charge in [-0.3, -0.25) is 0 Å². The Kier molecular flexibility index (Phi) is 1.34. The SMILES string of the molecule is C1CC2CC1C1CC3C4CCC(C4)C3C21. The average molecular weight is 202 g/mol. The molecule has 15 heavy (non-hydrogen) atoms. The van der Waals surface area contributed by atoms with Gasteiger partial charge in [-0.05, 0) is 92.3 Å². The molecule has 0 aromatic carbocycles. The van der Waals surface area contributed by atoms with Gasteiger partial charge in [0.05, 0.1) is 0 Å². The zero-order valence-electron chi connectivity index (χ0n) is 9.57. The third-order valence-corrected chi connectivity index (χ3v) is 7.30. The van der Waals surface area contributed by atoms with Gasteiger partial charge in [-0.2, -0.15) is 0 Å². The quantitative estimate of drug-likeness (QED) is 0.561. The van der Waals surface area contributed by atoms with Gasteiger partial charge in [0, 0.05) is 0 Å². The van der Waals surface area contributed by atoms with E-state index in [9.17, 15) is 0 Å². The van der Waals surface area contributed by atoms with Crippen molar-refractivity contribution in [1.29, 1.82) is 0 Å². The molecule has 0 saturated heterocycles. The molecule has 8 atom stereocenters. The van der Waals surface area contributed by atoms with Gasteiger partial charge < -0.3 is 0 Å². The lowest BCUT2D eigenvalue weighted by atomic mass is 9.72. The van der Waals surface area contributed by atoms with E-state index in [1.54, 1.807) is 44.9 Å². The van der Waals surface area contributed by atoms with Crippen LogP contribution in [0.4, 0.5) is 0 Å². The molecule has 0 spiro atoms. The minimum absolute atomic E-state index is 1.20. The topological polar surface area (TPSA) is 0 Å². The van der Waals surface area contributed by atoms with E-state index >= 15 is 0 Å². The number of hydrogen-bond donors (Lipinski definition) is 0. The average Bonchev–Trinajstić information content (AvgIpc) is 3.02. The van der Waals surface area contributed by atoms with Crippen molar-refractivity contribution >= 4 is 0 Å². The number of fused-ring (bicyclic) bond motifs is 11. The van der Waals surface area contributed by atoms with Crippen LogP contribution in [-0.2, 0) is 0 Å². The molecule has 0 heterocycles. The molecule has 0 aromatic rings. The highest BCUT2D eigenvalue weighted by atomic mass is 14.7. The summed E-state index contributed by atoms with van der Waals surface area (Å²) in [6, 6.07) is 0. The second kappa shape index (κ2) is 2.46. The fourth-order valence-corrected chi connectivity index (χ4v) is 7.12. The Hall–Kier alpha value is 0. The molecule has 5 aliphatic rings. The molecule has 0 radical (unpaired) electrons. The summed E-state index contributed by atoms with van der Waals surface area (Å²) in [5.41, 5.74) is 0. The van der Waals surface area contributed by atoms with Crippen LogP contribution in [0.25, 0.3) is 0 Å². The second-order valence-electron chi connectivity index (χ2n) is 7.38. The van der Waals surface area contributed by atoms with Crippen molar-refractivity contribution in [2.24, 2.45) is 47.3 Å². The lowest BCUT2D eigenvalue weighted by Gasteiger charge is -2.33. The molecule has 8 unspecified atom stereocenters. The van der Waals surface area contributed by atoms with Crippen LogP contribution < -0.4 is 0 Å². The van der Waals surface area contributed by atoms with E-state index in [2.05, 4.69) is 0 Å². The van der Waals surface area contributed by atoms with E-state index < -0.39 is 0 Å². The van der Waals surface area contributed by atoms with E-state index in [4.69, 9.17) is 0 Å². The fraction of sp³-hybridized carbons (Fsp3) is 1.00. The minimum atomic E-state index is 1.20. The maximum atomic E-state index is 1.68. The normalized spacial score (nSPS) is 68.8. The molecule has 4 bridgehead atoms. The first kappa shape index (κ1) is 8.14. The monoisotopic (exact) mass is 202 g/mol. The lowest BCUT2D eigenvalue weighted by Crippen LogP contribution is -2.27. The first-order valence-electron chi connectivity index (χ1n) is 7.42. The van der Waals surface area contributed by atoms with E-state index in [1.165, 1.54) is 47.3 Å². The summed E-state index contributed by atoms with van der Waals surface area (Å²) in [5.74, 6) is 9.73. The van der Waals surface area contributed by atoms with E-state index in [0.29, 0.717) is 0 Å². The first-order chi connectivity index (χ1) is 7.42. The largest absolute Gasteiger partial charge is 0.0499 e. The van der Waals surface area contributed by atoms with Crippen LogP contribution in [0.15, 0.2) is 0 Å². The zero-order chi connectivity index (χ0) is 9.57. The Morgan fingerprint density at radius 3 is 1.47 bits per heavy atom. The van der Waals surface area contributed by atoms with Crippen molar-refractivity contribution < 1.29 is 0 Å². The van der Waals surface area contributed by atoms with Gasteiger partial charge in [-0.1, -0.05) is 0 Å². The molecule has 0 nitrogen and oxygen atoms in total. The molecule has 0 N–H and O–H groups in total. The highest BCUT2D eigenvalue weighted by Crippen LogP contribution is 2.70. The third-order valence-electron chi connectivity index (χ3n) is 7.30. The molecule has 82 valence electrons. The minimum Gasteiger partial charge on any atom is -0.0499 e.